The number of benzene rings is 1. The van der Waals surface area contributed by atoms with E-state index in [1.54, 1.807) is 40.0 Å². The normalized spacial score (nSPS) is 16.2. The lowest BCUT2D eigenvalue weighted by Gasteiger charge is -2.27. The van der Waals surface area contributed by atoms with Crippen molar-refractivity contribution >= 4 is 51.4 Å². The Labute approximate surface area is 208 Å². The number of halogens is 2. The number of pyridine rings is 1. The number of morpholine rings is 1. The molecule has 178 valence electrons. The van der Waals surface area contributed by atoms with Gasteiger partial charge in [-0.05, 0) is 71.2 Å². The summed E-state index contributed by atoms with van der Waals surface area (Å²) in [5.41, 5.74) is 4.40. The van der Waals surface area contributed by atoms with Crippen LogP contribution >= 0.6 is 22.6 Å². The summed E-state index contributed by atoms with van der Waals surface area (Å²) >= 11 is 2.04. The number of hydroxylamine groups is 1. The van der Waals surface area contributed by atoms with Crippen molar-refractivity contribution in [3.8, 4) is 0 Å². The Balaban J connectivity index is 1.53. The largest absolute Gasteiger partial charge is 0.370 e. The Morgan fingerprint density at radius 2 is 2.18 bits per heavy atom. The van der Waals surface area contributed by atoms with Gasteiger partial charge in [-0.2, -0.15) is 0 Å². The van der Waals surface area contributed by atoms with Crippen LogP contribution in [0.2, 0.25) is 0 Å². The Bertz CT molecular complexity index is 1250. The monoisotopic (exact) mass is 579 g/mol. The fourth-order valence-electron chi connectivity index (χ4n) is 3.79. The fourth-order valence-corrected chi connectivity index (χ4v) is 4.24. The van der Waals surface area contributed by atoms with Crippen LogP contribution in [0.1, 0.15) is 28.8 Å². The second-order valence-electron chi connectivity index (χ2n) is 8.38. The Kier molecular flexibility index (Phi) is 6.66. The molecule has 1 aliphatic heterocycles. The zero-order chi connectivity index (χ0) is 23.7. The number of fused-ring (bicyclic) bond motifs is 1. The molecule has 34 heavy (non-hydrogen) atoms. The predicted molar refractivity (Wildman–Crippen MR) is 130 cm³/mol. The van der Waals surface area contributed by atoms with Crippen LogP contribution in [0.25, 0.3) is 5.52 Å². The molecule has 2 amide bonds. The van der Waals surface area contributed by atoms with Gasteiger partial charge in [0.2, 0.25) is 5.91 Å². The number of hydrogen-bond acceptors (Lipinski definition) is 6. The highest BCUT2D eigenvalue weighted by Crippen LogP contribution is 2.30. The number of nitrogens with zero attached hydrogens (tertiary/aromatic N) is 3. The van der Waals surface area contributed by atoms with Crippen LogP contribution in [0.5, 0.6) is 0 Å². The van der Waals surface area contributed by atoms with Crippen molar-refractivity contribution in [3.05, 3.63) is 57.3 Å². The minimum Gasteiger partial charge on any atom is -0.370 e. The van der Waals surface area contributed by atoms with Gasteiger partial charge in [-0.3, -0.25) is 18.8 Å². The number of ether oxygens (including phenoxy) is 1. The predicted octanol–water partition coefficient (Wildman–Crippen LogP) is 3.25. The lowest BCUT2D eigenvalue weighted by molar-refractivity contribution is -0.143. The van der Waals surface area contributed by atoms with E-state index in [1.165, 1.54) is 6.07 Å². The number of aromatic nitrogens is 2. The third-order valence-electron chi connectivity index (χ3n) is 5.84. The molecule has 2 aromatic heterocycles. The molecule has 11 heteroatoms. The summed E-state index contributed by atoms with van der Waals surface area (Å²) in [5, 5.41) is 3.06. The van der Waals surface area contributed by atoms with E-state index in [0.717, 1.165) is 22.0 Å². The van der Waals surface area contributed by atoms with Gasteiger partial charge in [0.1, 0.15) is 24.6 Å². The van der Waals surface area contributed by atoms with E-state index in [4.69, 9.17) is 9.57 Å². The number of carbonyl (C=O) groups excluding carboxylic acids is 2. The van der Waals surface area contributed by atoms with Crippen LogP contribution in [0, 0.1) is 15.3 Å². The summed E-state index contributed by atoms with van der Waals surface area (Å²) in [7, 11) is 0. The second-order valence-corrected chi connectivity index (χ2v) is 9.63. The van der Waals surface area contributed by atoms with Gasteiger partial charge in [0.15, 0.2) is 0 Å². The van der Waals surface area contributed by atoms with Gasteiger partial charge in [0.25, 0.3) is 5.91 Å². The van der Waals surface area contributed by atoms with Crippen molar-refractivity contribution in [3.63, 3.8) is 0 Å². The summed E-state index contributed by atoms with van der Waals surface area (Å²) in [6.45, 7) is 1.68. The molecule has 1 aliphatic carbocycles. The van der Waals surface area contributed by atoms with Crippen molar-refractivity contribution in [2.75, 3.05) is 31.7 Å². The molecule has 2 aliphatic rings. The fraction of sp³-hybridized carbons (Fsp3) is 0.348. The first-order valence-corrected chi connectivity index (χ1v) is 12.0. The average molecular weight is 579 g/mol. The summed E-state index contributed by atoms with van der Waals surface area (Å²) < 4.78 is 22.3. The Hall–Kier alpha value is -2.77. The third-order valence-corrected chi connectivity index (χ3v) is 6.51. The maximum Gasteiger partial charge on any atom is 0.278 e. The molecule has 9 nitrogen and oxygen atoms in total. The van der Waals surface area contributed by atoms with Crippen LogP contribution in [-0.4, -0.2) is 52.5 Å². The zero-order valence-electron chi connectivity index (χ0n) is 18.2. The third kappa shape index (κ3) is 5.00. The minimum absolute atomic E-state index is 0.0314. The van der Waals surface area contributed by atoms with Crippen molar-refractivity contribution in [2.45, 2.75) is 19.4 Å². The van der Waals surface area contributed by atoms with Crippen molar-refractivity contribution in [1.29, 1.82) is 0 Å². The smallest absolute Gasteiger partial charge is 0.278 e. The van der Waals surface area contributed by atoms with E-state index in [0.29, 0.717) is 43.6 Å². The summed E-state index contributed by atoms with van der Waals surface area (Å²) in [4.78, 5) is 36.8. The first kappa shape index (κ1) is 23.0. The van der Waals surface area contributed by atoms with Crippen molar-refractivity contribution in [2.24, 2.45) is 5.92 Å². The first-order chi connectivity index (χ1) is 16.5. The second kappa shape index (κ2) is 9.84. The number of nitrogens with one attached hydrogen (secondary N) is 2. The Morgan fingerprint density at radius 3 is 2.94 bits per heavy atom. The number of imidazole rings is 1. The van der Waals surface area contributed by atoms with E-state index in [2.05, 4.69) is 15.8 Å². The molecule has 1 saturated carbocycles. The van der Waals surface area contributed by atoms with Gasteiger partial charge in [0.05, 0.1) is 36.2 Å². The van der Waals surface area contributed by atoms with Crippen LogP contribution < -0.4 is 10.8 Å². The average Bonchev–Trinajstić information content (AvgIpc) is 3.50. The summed E-state index contributed by atoms with van der Waals surface area (Å²) in [5.74, 6) is -0.223. The van der Waals surface area contributed by atoms with Gasteiger partial charge in [0, 0.05) is 16.7 Å². The van der Waals surface area contributed by atoms with Crippen molar-refractivity contribution < 1.29 is 23.6 Å². The standard InChI is InChI=1S/C23H23FIN5O4/c24-18-8-16(25)3-4-19(18)27-22-17(23(32)28-34-11-14-1-2-14)7-15(20-9-26-13-30(20)22)10-29-5-6-33-12-21(29)31/h3-4,7-9,13-14,27H,1-2,5-6,10-12H2,(H,28,32). The maximum absolute atomic E-state index is 14.7. The first-order valence-electron chi connectivity index (χ1n) is 11.0. The van der Waals surface area contributed by atoms with Crippen LogP contribution in [0.4, 0.5) is 15.9 Å². The molecule has 2 N–H and O–H groups in total. The van der Waals surface area contributed by atoms with E-state index >= 15 is 0 Å². The molecule has 1 saturated heterocycles. The number of hydrogen-bond donors (Lipinski definition) is 2. The van der Waals surface area contributed by atoms with E-state index in [-0.39, 0.29) is 23.8 Å². The lowest BCUT2D eigenvalue weighted by Crippen LogP contribution is -2.41. The topological polar surface area (TPSA) is 97.2 Å². The number of carbonyl (C=O) groups is 2. The number of rotatable bonds is 8. The van der Waals surface area contributed by atoms with E-state index in [1.807, 2.05) is 22.6 Å². The SMILES string of the molecule is O=C(NOCC1CC1)c1cc(CN2CCOCC2=O)c2cncn2c1Nc1ccc(I)cc1F. The molecule has 5 rings (SSSR count). The van der Waals surface area contributed by atoms with Gasteiger partial charge in [-0.15, -0.1) is 0 Å². The van der Waals surface area contributed by atoms with Gasteiger partial charge in [-0.25, -0.2) is 14.9 Å². The van der Waals surface area contributed by atoms with E-state index < -0.39 is 11.7 Å². The Morgan fingerprint density at radius 1 is 1.32 bits per heavy atom. The van der Waals surface area contributed by atoms with E-state index in [9.17, 15) is 14.0 Å². The highest BCUT2D eigenvalue weighted by molar-refractivity contribution is 14.1. The molecule has 0 spiro atoms. The van der Waals surface area contributed by atoms with Gasteiger partial charge >= 0.3 is 0 Å². The minimum atomic E-state index is -0.473. The number of anilines is 2. The number of amides is 2. The van der Waals surface area contributed by atoms with Crippen molar-refractivity contribution in [1.82, 2.24) is 19.8 Å². The molecule has 0 radical (unpaired) electrons. The van der Waals surface area contributed by atoms with Crippen LogP contribution in [0.15, 0.2) is 36.8 Å². The highest BCUT2D eigenvalue weighted by atomic mass is 127. The molecule has 1 aromatic carbocycles. The summed E-state index contributed by atoms with van der Waals surface area (Å²) in [6.07, 6.45) is 5.39. The maximum atomic E-state index is 14.7. The van der Waals surface area contributed by atoms with Crippen LogP contribution in [-0.2, 0) is 20.9 Å². The summed E-state index contributed by atoms with van der Waals surface area (Å²) in [6, 6.07) is 6.49. The molecule has 3 aromatic rings. The molecular formula is C23H23FIN5O4. The van der Waals surface area contributed by atoms with Crippen LogP contribution in [0.3, 0.4) is 0 Å². The quantitative estimate of drug-likeness (QED) is 0.314. The molecule has 3 heterocycles. The lowest BCUT2D eigenvalue weighted by atomic mass is 10.1. The molecule has 0 bridgehead atoms. The van der Waals surface area contributed by atoms with Gasteiger partial charge in [-0.1, -0.05) is 0 Å². The molecular weight excluding hydrogens is 556 g/mol. The molecule has 2 fully saturated rings. The highest BCUT2D eigenvalue weighted by Gasteiger charge is 2.25. The zero-order valence-corrected chi connectivity index (χ0v) is 20.4. The molecule has 0 atom stereocenters. The molecule has 0 unspecified atom stereocenters. The van der Waals surface area contributed by atoms with Gasteiger partial charge < -0.3 is 15.0 Å².